The van der Waals surface area contributed by atoms with Crippen LogP contribution >= 0.6 is 11.6 Å². The lowest BCUT2D eigenvalue weighted by Gasteiger charge is -2.33. The molecule has 3 aromatic carbocycles. The molecule has 1 atom stereocenters. The molecular weight excluding hydrogens is 486 g/mol. The first-order valence-electron chi connectivity index (χ1n) is 11.4. The molecule has 186 valence electrons. The highest BCUT2D eigenvalue weighted by atomic mass is 35.5. The molecule has 0 heterocycles. The summed E-state index contributed by atoms with van der Waals surface area (Å²) >= 11 is 6.36. The highest BCUT2D eigenvalue weighted by Crippen LogP contribution is 2.29. The molecular formula is C26H30ClN3O4S. The molecule has 3 rings (SSSR count). The molecule has 0 saturated heterocycles. The summed E-state index contributed by atoms with van der Waals surface area (Å²) in [5, 5.41) is 4.80. The first-order chi connectivity index (χ1) is 16.7. The maximum absolute atomic E-state index is 13.7. The van der Waals surface area contributed by atoms with Crippen LogP contribution in [0.4, 0.5) is 5.69 Å². The van der Waals surface area contributed by atoms with Crippen LogP contribution in [0.5, 0.6) is 0 Å². The van der Waals surface area contributed by atoms with Gasteiger partial charge in [-0.2, -0.15) is 0 Å². The van der Waals surface area contributed by atoms with Crippen molar-refractivity contribution in [3.8, 4) is 0 Å². The van der Waals surface area contributed by atoms with Crippen molar-refractivity contribution in [2.75, 3.05) is 23.7 Å². The number of benzene rings is 3. The SMILES string of the molecule is CCNC(=O)[C@H](CC)N(Cc1ccccc1Cl)C(=O)CN(c1cccc2ccccc12)S(C)(=O)=O. The van der Waals surface area contributed by atoms with Crippen molar-refractivity contribution in [1.82, 2.24) is 10.2 Å². The van der Waals surface area contributed by atoms with Gasteiger partial charge in [0.15, 0.2) is 0 Å². The van der Waals surface area contributed by atoms with Gasteiger partial charge >= 0.3 is 0 Å². The van der Waals surface area contributed by atoms with Gasteiger partial charge in [-0.15, -0.1) is 0 Å². The molecule has 9 heteroatoms. The minimum atomic E-state index is -3.82. The van der Waals surface area contributed by atoms with E-state index >= 15 is 0 Å². The summed E-state index contributed by atoms with van der Waals surface area (Å²) in [4.78, 5) is 28.0. The molecule has 35 heavy (non-hydrogen) atoms. The molecule has 3 aromatic rings. The average Bonchev–Trinajstić information content (AvgIpc) is 2.82. The van der Waals surface area contributed by atoms with Crippen molar-refractivity contribution >= 4 is 49.9 Å². The van der Waals surface area contributed by atoms with Crippen LogP contribution in [0.2, 0.25) is 5.02 Å². The van der Waals surface area contributed by atoms with Gasteiger partial charge in [0, 0.05) is 23.5 Å². The molecule has 0 aromatic heterocycles. The molecule has 0 unspecified atom stereocenters. The number of rotatable bonds is 10. The second-order valence-corrected chi connectivity index (χ2v) is 10.5. The van der Waals surface area contributed by atoms with Crippen molar-refractivity contribution in [1.29, 1.82) is 0 Å². The summed E-state index contributed by atoms with van der Waals surface area (Å²) in [6.07, 6.45) is 1.43. The van der Waals surface area contributed by atoms with E-state index in [1.807, 2.05) is 37.3 Å². The Morgan fingerprint density at radius 2 is 1.63 bits per heavy atom. The third-order valence-electron chi connectivity index (χ3n) is 5.75. The zero-order valence-electron chi connectivity index (χ0n) is 20.1. The Morgan fingerprint density at radius 3 is 2.29 bits per heavy atom. The lowest BCUT2D eigenvalue weighted by atomic mass is 10.1. The second-order valence-electron chi connectivity index (χ2n) is 8.20. The number of carbonyl (C=O) groups excluding carboxylic acids is 2. The number of amides is 2. The third kappa shape index (κ3) is 6.32. The number of likely N-dealkylation sites (N-methyl/N-ethyl adjacent to an activating group) is 1. The Morgan fingerprint density at radius 1 is 0.971 bits per heavy atom. The fourth-order valence-corrected chi connectivity index (χ4v) is 5.10. The maximum Gasteiger partial charge on any atom is 0.244 e. The van der Waals surface area contributed by atoms with E-state index in [9.17, 15) is 18.0 Å². The van der Waals surface area contributed by atoms with Crippen LogP contribution in [0.15, 0.2) is 66.7 Å². The molecule has 0 bridgehead atoms. The van der Waals surface area contributed by atoms with Gasteiger partial charge in [-0.1, -0.05) is 73.1 Å². The fourth-order valence-electron chi connectivity index (χ4n) is 4.04. The van der Waals surface area contributed by atoms with Crippen molar-refractivity contribution in [3.63, 3.8) is 0 Å². The predicted molar refractivity (Wildman–Crippen MR) is 141 cm³/mol. The number of hydrogen-bond donors (Lipinski definition) is 1. The molecule has 0 fully saturated rings. The summed E-state index contributed by atoms with van der Waals surface area (Å²) < 4.78 is 26.9. The predicted octanol–water partition coefficient (Wildman–Crippen LogP) is 4.20. The number of carbonyl (C=O) groups is 2. The molecule has 0 aliphatic heterocycles. The van der Waals surface area contributed by atoms with E-state index in [4.69, 9.17) is 11.6 Å². The van der Waals surface area contributed by atoms with E-state index in [1.165, 1.54) is 4.90 Å². The van der Waals surface area contributed by atoms with Crippen LogP contribution in [0.1, 0.15) is 25.8 Å². The minimum Gasteiger partial charge on any atom is -0.355 e. The van der Waals surface area contributed by atoms with Crippen LogP contribution in [-0.4, -0.2) is 50.5 Å². The largest absolute Gasteiger partial charge is 0.355 e. The summed E-state index contributed by atoms with van der Waals surface area (Å²) in [6, 6.07) is 19.0. The standard InChI is InChI=1S/C26H30ClN3O4S/c1-4-23(26(32)28-5-2)29(17-20-12-7-9-15-22(20)27)25(31)18-30(35(3,33)34)24-16-10-13-19-11-6-8-14-21(19)24/h6-16,23H,4-5,17-18H2,1-3H3,(H,28,32)/t23-/m0/s1. The van der Waals surface area contributed by atoms with Gasteiger partial charge in [0.05, 0.1) is 11.9 Å². The Labute approximate surface area is 211 Å². The first kappa shape index (κ1) is 26.5. The number of anilines is 1. The number of nitrogens with one attached hydrogen (secondary N) is 1. The Kier molecular flexibility index (Phi) is 8.75. The molecule has 0 aliphatic carbocycles. The molecule has 0 spiro atoms. The van der Waals surface area contributed by atoms with Gasteiger partial charge in [-0.05, 0) is 36.4 Å². The number of sulfonamides is 1. The summed E-state index contributed by atoms with van der Waals surface area (Å²) in [6.45, 7) is 3.64. The molecule has 1 N–H and O–H groups in total. The zero-order chi connectivity index (χ0) is 25.6. The van der Waals surface area contributed by atoms with Crippen LogP contribution in [0.25, 0.3) is 10.8 Å². The monoisotopic (exact) mass is 515 g/mol. The summed E-state index contributed by atoms with van der Waals surface area (Å²) in [7, 11) is -3.82. The van der Waals surface area contributed by atoms with E-state index in [2.05, 4.69) is 5.32 Å². The second kappa shape index (κ2) is 11.6. The van der Waals surface area contributed by atoms with Gasteiger partial charge in [0.1, 0.15) is 12.6 Å². The third-order valence-corrected chi connectivity index (χ3v) is 7.25. The van der Waals surface area contributed by atoms with Crippen LogP contribution in [0, 0.1) is 0 Å². The molecule has 0 saturated carbocycles. The molecule has 7 nitrogen and oxygen atoms in total. The lowest BCUT2D eigenvalue weighted by molar-refractivity contribution is -0.140. The minimum absolute atomic E-state index is 0.0707. The number of hydrogen-bond acceptors (Lipinski definition) is 4. The number of fused-ring (bicyclic) bond motifs is 1. The zero-order valence-corrected chi connectivity index (χ0v) is 21.6. The average molecular weight is 516 g/mol. The number of nitrogens with zero attached hydrogens (tertiary/aromatic N) is 2. The van der Waals surface area contributed by atoms with Gasteiger partial charge in [0.25, 0.3) is 0 Å². The van der Waals surface area contributed by atoms with E-state index in [0.717, 1.165) is 15.9 Å². The van der Waals surface area contributed by atoms with Gasteiger partial charge in [-0.25, -0.2) is 8.42 Å². The Balaban J connectivity index is 2.04. The number of halogens is 1. The van der Waals surface area contributed by atoms with Gasteiger partial charge in [-0.3, -0.25) is 13.9 Å². The highest BCUT2D eigenvalue weighted by Gasteiger charge is 2.32. The van der Waals surface area contributed by atoms with E-state index < -0.39 is 28.5 Å². The van der Waals surface area contributed by atoms with E-state index in [-0.39, 0.29) is 12.5 Å². The van der Waals surface area contributed by atoms with Crippen LogP contribution in [0.3, 0.4) is 0 Å². The van der Waals surface area contributed by atoms with Gasteiger partial charge < -0.3 is 10.2 Å². The smallest absolute Gasteiger partial charge is 0.244 e. The topological polar surface area (TPSA) is 86.8 Å². The Bertz CT molecular complexity index is 1310. The van der Waals surface area contributed by atoms with E-state index in [1.54, 1.807) is 43.3 Å². The highest BCUT2D eigenvalue weighted by molar-refractivity contribution is 7.92. The van der Waals surface area contributed by atoms with Crippen molar-refractivity contribution in [2.45, 2.75) is 32.9 Å². The Hall–Kier alpha value is -3.10. The molecule has 0 aliphatic rings. The summed E-state index contributed by atoms with van der Waals surface area (Å²) in [5.41, 5.74) is 1.07. The van der Waals surface area contributed by atoms with Gasteiger partial charge in [0.2, 0.25) is 21.8 Å². The normalized spacial score (nSPS) is 12.2. The lowest BCUT2D eigenvalue weighted by Crippen LogP contribution is -2.52. The first-order valence-corrected chi connectivity index (χ1v) is 13.7. The summed E-state index contributed by atoms with van der Waals surface area (Å²) in [5.74, 6) is -0.798. The van der Waals surface area contributed by atoms with Crippen LogP contribution in [-0.2, 0) is 26.2 Å². The molecule has 2 amide bonds. The maximum atomic E-state index is 13.7. The van der Waals surface area contributed by atoms with Crippen molar-refractivity contribution in [2.24, 2.45) is 0 Å². The van der Waals surface area contributed by atoms with Crippen molar-refractivity contribution in [3.05, 3.63) is 77.3 Å². The van der Waals surface area contributed by atoms with E-state index in [0.29, 0.717) is 34.6 Å². The van der Waals surface area contributed by atoms with Crippen molar-refractivity contribution < 1.29 is 18.0 Å². The quantitative estimate of drug-likeness (QED) is 0.438. The molecule has 0 radical (unpaired) electrons. The fraction of sp³-hybridized carbons (Fsp3) is 0.308. The van der Waals surface area contributed by atoms with Crippen LogP contribution < -0.4 is 9.62 Å².